The van der Waals surface area contributed by atoms with Gasteiger partial charge in [0.15, 0.2) is 0 Å². The number of rotatable bonds is 1. The van der Waals surface area contributed by atoms with E-state index in [4.69, 9.17) is 0 Å². The van der Waals surface area contributed by atoms with Crippen LogP contribution in [-0.4, -0.2) is 37.0 Å². The maximum Gasteiger partial charge on any atom is 0.522 e. The number of alkyl halides is 3. The number of likely N-dealkylation sites (N-methyl/N-ethyl adjacent to an activating group) is 1. The van der Waals surface area contributed by atoms with E-state index in [9.17, 15) is 13.2 Å². The Morgan fingerprint density at radius 1 is 1.31 bits per heavy atom. The van der Waals surface area contributed by atoms with E-state index >= 15 is 0 Å². The number of hydrogen-bond donors (Lipinski definition) is 0. The molecule has 1 saturated heterocycles. The van der Waals surface area contributed by atoms with Crippen LogP contribution in [0.25, 0.3) is 0 Å². The van der Waals surface area contributed by atoms with Gasteiger partial charge in [-0.25, -0.2) is 0 Å². The fraction of sp³-hybridized carbons (Fsp3) is 1.00. The summed E-state index contributed by atoms with van der Waals surface area (Å²) >= 11 is 0. The lowest BCUT2D eigenvalue weighted by Crippen LogP contribution is -2.29. The second-order valence-corrected chi connectivity index (χ2v) is 3.64. The molecule has 0 spiro atoms. The zero-order valence-corrected chi connectivity index (χ0v) is 7.93. The van der Waals surface area contributed by atoms with Crippen LogP contribution in [0.2, 0.25) is 0 Å². The molecule has 0 aliphatic carbocycles. The average molecular weight is 197 g/mol. The van der Waals surface area contributed by atoms with Crippen LogP contribution in [0, 0.1) is 5.92 Å². The van der Waals surface area contributed by atoms with Crippen LogP contribution in [0.5, 0.6) is 0 Å². The van der Waals surface area contributed by atoms with Gasteiger partial charge in [0.2, 0.25) is 0 Å². The third kappa shape index (κ3) is 2.57. The molecule has 0 aromatic heterocycles. The van der Waals surface area contributed by atoms with Gasteiger partial charge < -0.3 is 4.90 Å². The first-order valence-electron chi connectivity index (χ1n) is 4.26. The zero-order chi connectivity index (χ0) is 10.2. The Balaban J connectivity index is 2.54. The largest absolute Gasteiger partial charge is 0.522 e. The monoisotopic (exact) mass is 197 g/mol. The molecule has 0 bridgehead atoms. The summed E-state index contributed by atoms with van der Waals surface area (Å²) in [6.45, 7) is 4.04. The molecule has 78 valence electrons. The predicted octanol–water partition coefficient (Wildman–Crippen LogP) is 1.86. The van der Waals surface area contributed by atoms with Crippen LogP contribution < -0.4 is 0 Å². The summed E-state index contributed by atoms with van der Waals surface area (Å²) in [5.74, 6) is -0.0772. The zero-order valence-electron chi connectivity index (χ0n) is 7.93. The maximum atomic E-state index is 11.9. The van der Waals surface area contributed by atoms with Crippen molar-refractivity contribution in [1.82, 2.24) is 4.90 Å². The van der Waals surface area contributed by atoms with Crippen molar-refractivity contribution >= 4 is 0 Å². The average Bonchev–Trinajstić information content (AvgIpc) is 2.15. The molecule has 1 rings (SSSR count). The normalized spacial score (nSPS) is 36.9. The van der Waals surface area contributed by atoms with Crippen molar-refractivity contribution in [3.05, 3.63) is 0 Å². The smallest absolute Gasteiger partial charge is 0.301 e. The summed E-state index contributed by atoms with van der Waals surface area (Å²) in [7, 11) is 1.81. The Labute approximate surface area is 75.7 Å². The Kier molecular flexibility index (Phi) is 2.87. The molecule has 0 radical (unpaired) electrons. The van der Waals surface area contributed by atoms with Crippen LogP contribution in [0.4, 0.5) is 13.2 Å². The summed E-state index contributed by atoms with van der Waals surface area (Å²) in [4.78, 5) is 1.88. The van der Waals surface area contributed by atoms with Gasteiger partial charge in [-0.2, -0.15) is 0 Å². The van der Waals surface area contributed by atoms with Gasteiger partial charge in [-0.3, -0.25) is 4.74 Å². The van der Waals surface area contributed by atoms with Crippen molar-refractivity contribution in [1.29, 1.82) is 0 Å². The predicted molar refractivity (Wildman–Crippen MR) is 42.2 cm³/mol. The first-order valence-corrected chi connectivity index (χ1v) is 4.26. The molecule has 1 aliphatic rings. The molecular weight excluding hydrogens is 183 g/mol. The molecule has 0 aromatic rings. The Morgan fingerprint density at radius 3 is 2.15 bits per heavy atom. The molecule has 2 nitrogen and oxygen atoms in total. The highest BCUT2D eigenvalue weighted by molar-refractivity contribution is 4.87. The van der Waals surface area contributed by atoms with E-state index in [1.165, 1.54) is 0 Å². The Hall–Kier alpha value is -0.290. The van der Waals surface area contributed by atoms with Crippen LogP contribution in [0.3, 0.4) is 0 Å². The molecular formula is C8H14F3NO. The fourth-order valence-corrected chi connectivity index (χ4v) is 1.64. The molecule has 13 heavy (non-hydrogen) atoms. The van der Waals surface area contributed by atoms with E-state index in [0.29, 0.717) is 6.54 Å². The van der Waals surface area contributed by atoms with Crippen LogP contribution in [-0.2, 0) is 4.74 Å². The summed E-state index contributed by atoms with van der Waals surface area (Å²) < 4.78 is 39.7. The lowest BCUT2D eigenvalue weighted by molar-refractivity contribution is -0.344. The molecule has 1 heterocycles. The van der Waals surface area contributed by atoms with Gasteiger partial charge >= 0.3 is 6.36 Å². The molecule has 0 saturated carbocycles. The SMILES string of the molecule is CC1C(OC(F)(F)F)CN(C)C1C. The number of halogens is 3. The summed E-state index contributed by atoms with van der Waals surface area (Å²) in [6, 6.07) is 0.146. The fourth-order valence-electron chi connectivity index (χ4n) is 1.64. The molecule has 1 fully saturated rings. The van der Waals surface area contributed by atoms with Crippen molar-refractivity contribution in [2.45, 2.75) is 32.4 Å². The lowest BCUT2D eigenvalue weighted by atomic mass is 10.0. The number of nitrogens with zero attached hydrogens (tertiary/aromatic N) is 1. The van der Waals surface area contributed by atoms with Gasteiger partial charge in [-0.15, -0.1) is 13.2 Å². The first-order chi connectivity index (χ1) is 5.81. The number of likely N-dealkylation sites (tertiary alicyclic amines) is 1. The van der Waals surface area contributed by atoms with E-state index in [2.05, 4.69) is 4.74 Å². The molecule has 1 aliphatic heterocycles. The Bertz CT molecular complexity index is 183. The van der Waals surface area contributed by atoms with Crippen molar-refractivity contribution in [2.75, 3.05) is 13.6 Å². The minimum atomic E-state index is -4.51. The number of hydrogen-bond acceptors (Lipinski definition) is 2. The quantitative estimate of drug-likeness (QED) is 0.636. The van der Waals surface area contributed by atoms with Crippen molar-refractivity contribution in [2.24, 2.45) is 5.92 Å². The van der Waals surface area contributed by atoms with Crippen LogP contribution >= 0.6 is 0 Å². The van der Waals surface area contributed by atoms with E-state index in [0.717, 1.165) is 0 Å². The van der Waals surface area contributed by atoms with Crippen molar-refractivity contribution in [3.63, 3.8) is 0 Å². The van der Waals surface area contributed by atoms with E-state index in [1.807, 2.05) is 11.8 Å². The summed E-state index contributed by atoms with van der Waals surface area (Å²) in [6.07, 6.45) is -5.23. The van der Waals surface area contributed by atoms with Crippen molar-refractivity contribution in [3.8, 4) is 0 Å². The van der Waals surface area contributed by atoms with Crippen LogP contribution in [0.1, 0.15) is 13.8 Å². The van der Waals surface area contributed by atoms with Gasteiger partial charge in [-0.1, -0.05) is 6.92 Å². The topological polar surface area (TPSA) is 12.5 Å². The second kappa shape index (κ2) is 3.46. The molecule has 0 amide bonds. The van der Waals surface area contributed by atoms with Gasteiger partial charge in [0, 0.05) is 12.6 Å². The van der Waals surface area contributed by atoms with Gasteiger partial charge in [0.1, 0.15) is 0 Å². The highest BCUT2D eigenvalue weighted by atomic mass is 19.4. The lowest BCUT2D eigenvalue weighted by Gasteiger charge is -2.19. The third-order valence-corrected chi connectivity index (χ3v) is 2.80. The van der Waals surface area contributed by atoms with E-state index < -0.39 is 12.5 Å². The highest BCUT2D eigenvalue weighted by Gasteiger charge is 2.42. The molecule has 3 unspecified atom stereocenters. The Morgan fingerprint density at radius 2 is 1.85 bits per heavy atom. The van der Waals surface area contributed by atoms with E-state index in [1.54, 1.807) is 14.0 Å². The van der Waals surface area contributed by atoms with Crippen LogP contribution in [0.15, 0.2) is 0 Å². The van der Waals surface area contributed by atoms with Gasteiger partial charge in [-0.05, 0) is 19.9 Å². The molecule has 5 heteroatoms. The second-order valence-electron chi connectivity index (χ2n) is 3.64. The van der Waals surface area contributed by atoms with Gasteiger partial charge in [0.25, 0.3) is 0 Å². The standard InChI is InChI=1S/C8H14F3NO/c1-5-6(2)12(3)4-7(5)13-8(9,10)11/h5-7H,4H2,1-3H3. The molecule has 0 aromatic carbocycles. The minimum Gasteiger partial charge on any atom is -0.301 e. The first kappa shape index (κ1) is 10.8. The van der Waals surface area contributed by atoms with Crippen molar-refractivity contribution < 1.29 is 17.9 Å². The van der Waals surface area contributed by atoms with E-state index in [-0.39, 0.29) is 12.0 Å². The third-order valence-electron chi connectivity index (χ3n) is 2.80. The minimum absolute atomic E-state index is 0.0772. The molecule has 0 N–H and O–H groups in total. The number of ether oxygens (including phenoxy) is 1. The maximum absolute atomic E-state index is 11.9. The highest BCUT2D eigenvalue weighted by Crippen LogP contribution is 2.30. The summed E-state index contributed by atoms with van der Waals surface area (Å²) in [5, 5.41) is 0. The van der Waals surface area contributed by atoms with Gasteiger partial charge in [0.05, 0.1) is 6.10 Å². The summed E-state index contributed by atoms with van der Waals surface area (Å²) in [5.41, 5.74) is 0. The molecule has 3 atom stereocenters.